The van der Waals surface area contributed by atoms with E-state index >= 15 is 0 Å². The summed E-state index contributed by atoms with van der Waals surface area (Å²) < 4.78 is 0. The zero-order chi connectivity index (χ0) is 11.3. The van der Waals surface area contributed by atoms with Gasteiger partial charge in [-0.15, -0.1) is 0 Å². The fraction of sp³-hybridized carbons (Fsp3) is 0.909. The van der Waals surface area contributed by atoms with Crippen LogP contribution in [0.25, 0.3) is 0 Å². The predicted octanol–water partition coefficient (Wildman–Crippen LogP) is 0.393. The minimum atomic E-state index is -0.626. The van der Waals surface area contributed by atoms with Gasteiger partial charge in [-0.05, 0) is 25.2 Å². The number of rotatable bonds is 5. The maximum atomic E-state index is 11.8. The van der Waals surface area contributed by atoms with E-state index in [2.05, 4.69) is 5.32 Å². The van der Waals surface area contributed by atoms with E-state index in [1.165, 1.54) is 0 Å². The molecule has 1 aliphatic carbocycles. The highest BCUT2D eigenvalue weighted by molar-refractivity contribution is 5.86. The maximum Gasteiger partial charge on any atom is 0.240 e. The number of hydrogen-bond donors (Lipinski definition) is 3. The largest absolute Gasteiger partial charge is 0.396 e. The highest BCUT2D eigenvalue weighted by atomic mass is 16.3. The Morgan fingerprint density at radius 2 is 2.13 bits per heavy atom. The number of carbonyl (C=O) groups excluding carboxylic acids is 1. The van der Waals surface area contributed by atoms with Crippen molar-refractivity contribution >= 4 is 5.91 Å². The molecular weight excluding hydrogens is 192 g/mol. The molecule has 0 aromatic carbocycles. The Hall–Kier alpha value is -0.610. The molecule has 1 rings (SSSR count). The van der Waals surface area contributed by atoms with Crippen LogP contribution in [0.15, 0.2) is 0 Å². The standard InChI is InChI=1S/C11H22N2O2/c1-9(4-7-14)8-13-10(15)11(12)5-2-3-6-11/h9,14H,2-8,12H2,1H3,(H,13,15). The van der Waals surface area contributed by atoms with Gasteiger partial charge in [-0.1, -0.05) is 19.8 Å². The normalized spacial score (nSPS) is 21.3. The Kier molecular flexibility index (Phi) is 4.54. The van der Waals surface area contributed by atoms with Gasteiger partial charge in [-0.25, -0.2) is 0 Å². The van der Waals surface area contributed by atoms with Gasteiger partial charge in [0, 0.05) is 13.2 Å². The summed E-state index contributed by atoms with van der Waals surface area (Å²) in [5, 5.41) is 11.6. The van der Waals surface area contributed by atoms with Crippen LogP contribution >= 0.6 is 0 Å². The Bertz CT molecular complexity index is 213. The summed E-state index contributed by atoms with van der Waals surface area (Å²) >= 11 is 0. The van der Waals surface area contributed by atoms with Gasteiger partial charge in [0.2, 0.25) is 5.91 Å². The van der Waals surface area contributed by atoms with Crippen molar-refractivity contribution < 1.29 is 9.90 Å². The molecule has 0 spiro atoms. The van der Waals surface area contributed by atoms with Gasteiger partial charge >= 0.3 is 0 Å². The van der Waals surface area contributed by atoms with Gasteiger partial charge in [0.15, 0.2) is 0 Å². The lowest BCUT2D eigenvalue weighted by molar-refractivity contribution is -0.126. The summed E-state index contributed by atoms with van der Waals surface area (Å²) in [5.74, 6) is 0.286. The smallest absolute Gasteiger partial charge is 0.240 e. The van der Waals surface area contributed by atoms with Gasteiger partial charge < -0.3 is 16.2 Å². The Morgan fingerprint density at radius 3 is 2.67 bits per heavy atom. The number of aliphatic hydroxyl groups is 1. The van der Waals surface area contributed by atoms with Gasteiger partial charge in [0.1, 0.15) is 0 Å². The zero-order valence-electron chi connectivity index (χ0n) is 9.46. The van der Waals surface area contributed by atoms with Crippen molar-refractivity contribution in [3.8, 4) is 0 Å². The first kappa shape index (κ1) is 12.5. The van der Waals surface area contributed by atoms with Crippen LogP contribution in [0.3, 0.4) is 0 Å². The number of hydrogen-bond acceptors (Lipinski definition) is 3. The fourth-order valence-corrected chi connectivity index (χ4v) is 2.00. The lowest BCUT2D eigenvalue weighted by Gasteiger charge is -2.23. The molecule has 15 heavy (non-hydrogen) atoms. The number of nitrogens with one attached hydrogen (secondary N) is 1. The van der Waals surface area contributed by atoms with E-state index in [4.69, 9.17) is 10.8 Å². The van der Waals surface area contributed by atoms with E-state index in [9.17, 15) is 4.79 Å². The minimum Gasteiger partial charge on any atom is -0.396 e. The predicted molar refractivity (Wildman–Crippen MR) is 59.3 cm³/mol. The lowest BCUT2D eigenvalue weighted by Crippen LogP contribution is -2.52. The molecular formula is C11H22N2O2. The fourth-order valence-electron chi connectivity index (χ4n) is 2.00. The van der Waals surface area contributed by atoms with Crippen molar-refractivity contribution in [2.75, 3.05) is 13.2 Å². The van der Waals surface area contributed by atoms with E-state index in [-0.39, 0.29) is 12.5 Å². The van der Waals surface area contributed by atoms with Crippen LogP contribution in [0, 0.1) is 5.92 Å². The average molecular weight is 214 g/mol. The first-order valence-corrected chi connectivity index (χ1v) is 5.76. The molecule has 4 heteroatoms. The maximum absolute atomic E-state index is 11.8. The van der Waals surface area contributed by atoms with Gasteiger partial charge in [-0.2, -0.15) is 0 Å². The van der Waals surface area contributed by atoms with Crippen LogP contribution in [0.2, 0.25) is 0 Å². The number of carbonyl (C=O) groups is 1. The molecule has 1 saturated carbocycles. The second-order valence-electron chi connectivity index (χ2n) is 4.69. The van der Waals surface area contributed by atoms with Crippen molar-refractivity contribution in [3.63, 3.8) is 0 Å². The number of aliphatic hydroxyl groups excluding tert-OH is 1. The van der Waals surface area contributed by atoms with Crippen molar-refractivity contribution in [1.29, 1.82) is 0 Å². The molecule has 1 fully saturated rings. The van der Waals surface area contributed by atoms with Gasteiger partial charge in [0.05, 0.1) is 5.54 Å². The van der Waals surface area contributed by atoms with Crippen molar-refractivity contribution in [1.82, 2.24) is 5.32 Å². The summed E-state index contributed by atoms with van der Waals surface area (Å²) in [6.07, 6.45) is 4.42. The van der Waals surface area contributed by atoms with Crippen LogP contribution in [-0.4, -0.2) is 29.7 Å². The molecule has 1 atom stereocenters. The third-order valence-electron chi connectivity index (χ3n) is 3.18. The summed E-state index contributed by atoms with van der Waals surface area (Å²) in [4.78, 5) is 11.8. The van der Waals surface area contributed by atoms with Gasteiger partial charge in [-0.3, -0.25) is 4.79 Å². The molecule has 0 saturated heterocycles. The monoisotopic (exact) mass is 214 g/mol. The third-order valence-corrected chi connectivity index (χ3v) is 3.18. The summed E-state index contributed by atoms with van der Waals surface area (Å²) in [6, 6.07) is 0. The third kappa shape index (κ3) is 3.47. The molecule has 4 N–H and O–H groups in total. The van der Waals surface area contributed by atoms with Gasteiger partial charge in [0.25, 0.3) is 0 Å². The molecule has 0 aromatic heterocycles. The molecule has 0 bridgehead atoms. The van der Waals surface area contributed by atoms with E-state index in [0.29, 0.717) is 12.5 Å². The molecule has 1 aliphatic rings. The molecule has 0 aromatic rings. The number of nitrogens with two attached hydrogens (primary N) is 1. The SMILES string of the molecule is CC(CCO)CNC(=O)C1(N)CCCC1. The molecule has 1 amide bonds. The van der Waals surface area contributed by atoms with Crippen molar-refractivity contribution in [2.24, 2.45) is 11.7 Å². The highest BCUT2D eigenvalue weighted by Gasteiger charge is 2.36. The van der Waals surface area contributed by atoms with Crippen LogP contribution in [0.5, 0.6) is 0 Å². The van der Waals surface area contributed by atoms with Crippen LogP contribution in [0.1, 0.15) is 39.0 Å². The quantitative estimate of drug-likeness (QED) is 0.620. The molecule has 88 valence electrons. The highest BCUT2D eigenvalue weighted by Crippen LogP contribution is 2.27. The van der Waals surface area contributed by atoms with E-state index in [1.807, 2.05) is 6.92 Å². The summed E-state index contributed by atoms with van der Waals surface area (Å²) in [7, 11) is 0. The Labute approximate surface area is 91.2 Å². The van der Waals surface area contributed by atoms with Crippen molar-refractivity contribution in [2.45, 2.75) is 44.6 Å². The molecule has 0 aliphatic heterocycles. The van der Waals surface area contributed by atoms with E-state index in [1.54, 1.807) is 0 Å². The Balaban J connectivity index is 2.29. The topological polar surface area (TPSA) is 75.3 Å². The zero-order valence-corrected chi connectivity index (χ0v) is 9.46. The summed E-state index contributed by atoms with van der Waals surface area (Å²) in [5.41, 5.74) is 5.38. The summed E-state index contributed by atoms with van der Waals surface area (Å²) in [6.45, 7) is 2.79. The second-order valence-corrected chi connectivity index (χ2v) is 4.69. The molecule has 0 heterocycles. The molecule has 4 nitrogen and oxygen atoms in total. The number of amides is 1. The van der Waals surface area contributed by atoms with E-state index < -0.39 is 5.54 Å². The lowest BCUT2D eigenvalue weighted by atomic mass is 9.97. The molecule has 1 unspecified atom stereocenters. The van der Waals surface area contributed by atoms with Crippen LogP contribution in [0.4, 0.5) is 0 Å². The molecule has 0 radical (unpaired) electrons. The van der Waals surface area contributed by atoms with Crippen LogP contribution in [-0.2, 0) is 4.79 Å². The van der Waals surface area contributed by atoms with Crippen LogP contribution < -0.4 is 11.1 Å². The first-order valence-electron chi connectivity index (χ1n) is 5.76. The average Bonchev–Trinajstić information content (AvgIpc) is 2.63. The second kappa shape index (κ2) is 5.47. The Morgan fingerprint density at radius 1 is 1.53 bits per heavy atom. The minimum absolute atomic E-state index is 0.0233. The first-order chi connectivity index (χ1) is 7.08. The van der Waals surface area contributed by atoms with E-state index in [0.717, 1.165) is 32.1 Å². The van der Waals surface area contributed by atoms with Crippen molar-refractivity contribution in [3.05, 3.63) is 0 Å².